The van der Waals surface area contributed by atoms with E-state index in [4.69, 9.17) is 19.7 Å². The zero-order chi connectivity index (χ0) is 16.0. The summed E-state index contributed by atoms with van der Waals surface area (Å²) in [5.74, 6) is 0. The van der Waals surface area contributed by atoms with Crippen molar-refractivity contribution in [3.05, 3.63) is 30.3 Å². The van der Waals surface area contributed by atoms with Crippen molar-refractivity contribution in [1.82, 2.24) is 5.32 Å². The molecule has 0 unspecified atom stereocenters. The second-order valence-corrected chi connectivity index (χ2v) is 4.39. The Balaban J connectivity index is 2.47. The van der Waals surface area contributed by atoms with Gasteiger partial charge in [-0.15, -0.1) is 0 Å². The van der Waals surface area contributed by atoms with Gasteiger partial charge in [0.15, 0.2) is 0 Å². The number of hydrogen-bond acceptors (Lipinski definition) is 5. The van der Waals surface area contributed by atoms with Crippen LogP contribution in [0.15, 0.2) is 30.3 Å². The summed E-state index contributed by atoms with van der Waals surface area (Å²) in [5, 5.41) is 20.1. The Kier molecular flexibility index (Phi) is 9.97. The van der Waals surface area contributed by atoms with Gasteiger partial charge in [0.25, 0.3) is 0 Å². The number of nitrogens with zero attached hydrogens (tertiary/aromatic N) is 1. The molecule has 124 valence electrons. The summed E-state index contributed by atoms with van der Waals surface area (Å²) < 4.78 is 10.3. The highest BCUT2D eigenvalue weighted by atomic mass is 16.5. The van der Waals surface area contributed by atoms with Crippen molar-refractivity contribution in [3.63, 3.8) is 0 Å². The SMILES string of the molecule is O=C(NCCOCCO)N(CCOCCO)c1ccccc1. The summed E-state index contributed by atoms with van der Waals surface area (Å²) >= 11 is 0. The molecule has 1 aromatic carbocycles. The summed E-state index contributed by atoms with van der Waals surface area (Å²) in [6.07, 6.45) is 0. The highest BCUT2D eigenvalue weighted by molar-refractivity contribution is 5.91. The van der Waals surface area contributed by atoms with Crippen LogP contribution in [-0.2, 0) is 9.47 Å². The van der Waals surface area contributed by atoms with E-state index in [-0.39, 0.29) is 32.5 Å². The smallest absolute Gasteiger partial charge is 0.322 e. The van der Waals surface area contributed by atoms with Gasteiger partial charge in [0.1, 0.15) is 0 Å². The first-order valence-electron chi connectivity index (χ1n) is 7.27. The lowest BCUT2D eigenvalue weighted by Gasteiger charge is -2.23. The highest BCUT2D eigenvalue weighted by Crippen LogP contribution is 2.12. The molecule has 2 amide bonds. The van der Waals surface area contributed by atoms with Gasteiger partial charge in [-0.05, 0) is 12.1 Å². The molecule has 7 nitrogen and oxygen atoms in total. The van der Waals surface area contributed by atoms with E-state index >= 15 is 0 Å². The predicted octanol–water partition coefficient (Wildman–Crippen LogP) is 0.220. The van der Waals surface area contributed by atoms with Gasteiger partial charge >= 0.3 is 6.03 Å². The van der Waals surface area contributed by atoms with Crippen LogP contribution in [0.3, 0.4) is 0 Å². The second kappa shape index (κ2) is 11.9. The number of amides is 2. The molecule has 0 fully saturated rings. The van der Waals surface area contributed by atoms with Crippen molar-refractivity contribution in [1.29, 1.82) is 0 Å². The van der Waals surface area contributed by atoms with Crippen LogP contribution >= 0.6 is 0 Å². The number of carbonyl (C=O) groups excluding carboxylic acids is 1. The maximum atomic E-state index is 12.2. The molecular formula is C15H24N2O5. The summed E-state index contributed by atoms with van der Waals surface area (Å²) in [7, 11) is 0. The Morgan fingerprint density at radius 2 is 1.64 bits per heavy atom. The average molecular weight is 312 g/mol. The molecule has 7 heteroatoms. The van der Waals surface area contributed by atoms with Gasteiger partial charge in [0, 0.05) is 12.2 Å². The largest absolute Gasteiger partial charge is 0.394 e. The number of carbonyl (C=O) groups is 1. The quantitative estimate of drug-likeness (QED) is 0.509. The standard InChI is InChI=1S/C15H24N2O5/c18-8-12-21-10-6-16-15(20)17(7-11-22-13-9-19)14-4-2-1-3-5-14/h1-5,18-19H,6-13H2,(H,16,20). The minimum Gasteiger partial charge on any atom is -0.394 e. The predicted molar refractivity (Wildman–Crippen MR) is 83.0 cm³/mol. The number of urea groups is 1. The molecule has 0 aliphatic rings. The number of para-hydroxylation sites is 1. The molecule has 0 heterocycles. The molecule has 22 heavy (non-hydrogen) atoms. The first kappa shape index (κ1) is 18.4. The molecule has 3 N–H and O–H groups in total. The lowest BCUT2D eigenvalue weighted by molar-refractivity contribution is 0.0938. The topological polar surface area (TPSA) is 91.3 Å². The number of ether oxygens (including phenoxy) is 2. The van der Waals surface area contributed by atoms with Crippen LogP contribution in [0.4, 0.5) is 10.5 Å². The van der Waals surface area contributed by atoms with E-state index < -0.39 is 0 Å². The van der Waals surface area contributed by atoms with Crippen LogP contribution in [0.5, 0.6) is 0 Å². The Morgan fingerprint density at radius 1 is 1.00 bits per heavy atom. The lowest BCUT2D eigenvalue weighted by Crippen LogP contribution is -2.43. The minimum absolute atomic E-state index is 0.0354. The fourth-order valence-electron chi connectivity index (χ4n) is 1.77. The summed E-state index contributed by atoms with van der Waals surface area (Å²) in [5.41, 5.74) is 0.767. The fourth-order valence-corrected chi connectivity index (χ4v) is 1.77. The van der Waals surface area contributed by atoms with Crippen LogP contribution in [0.1, 0.15) is 0 Å². The molecule has 0 aliphatic heterocycles. The number of hydrogen-bond donors (Lipinski definition) is 3. The van der Waals surface area contributed by atoms with Gasteiger partial charge in [-0.3, -0.25) is 4.90 Å². The van der Waals surface area contributed by atoms with E-state index in [2.05, 4.69) is 5.32 Å². The summed E-state index contributed by atoms with van der Waals surface area (Å²) in [4.78, 5) is 13.8. The molecule has 0 aliphatic carbocycles. The van der Waals surface area contributed by atoms with E-state index in [1.54, 1.807) is 4.90 Å². The van der Waals surface area contributed by atoms with E-state index in [0.29, 0.717) is 26.3 Å². The molecule has 0 saturated carbocycles. The van der Waals surface area contributed by atoms with E-state index in [1.165, 1.54) is 0 Å². The maximum Gasteiger partial charge on any atom is 0.322 e. The number of rotatable bonds is 11. The third-order valence-corrected chi connectivity index (χ3v) is 2.77. The second-order valence-electron chi connectivity index (χ2n) is 4.39. The Labute approximate surface area is 130 Å². The van der Waals surface area contributed by atoms with E-state index in [0.717, 1.165) is 5.69 Å². The fraction of sp³-hybridized carbons (Fsp3) is 0.533. The van der Waals surface area contributed by atoms with Crippen LogP contribution in [0.25, 0.3) is 0 Å². The molecule has 0 spiro atoms. The first-order chi connectivity index (χ1) is 10.8. The summed E-state index contributed by atoms with van der Waals surface area (Å²) in [6.45, 7) is 1.85. The third-order valence-electron chi connectivity index (χ3n) is 2.77. The number of anilines is 1. The van der Waals surface area contributed by atoms with Crippen LogP contribution in [0, 0.1) is 0 Å². The van der Waals surface area contributed by atoms with Crippen molar-refractivity contribution < 1.29 is 24.5 Å². The first-order valence-corrected chi connectivity index (χ1v) is 7.27. The third kappa shape index (κ3) is 7.37. The normalized spacial score (nSPS) is 10.5. The van der Waals surface area contributed by atoms with Gasteiger partial charge < -0.3 is 25.0 Å². The molecule has 0 bridgehead atoms. The zero-order valence-electron chi connectivity index (χ0n) is 12.6. The molecule has 1 rings (SSSR count). The summed E-state index contributed by atoms with van der Waals surface area (Å²) in [6, 6.07) is 9.03. The molecule has 0 atom stereocenters. The van der Waals surface area contributed by atoms with Gasteiger partial charge in [-0.2, -0.15) is 0 Å². The molecule has 0 saturated heterocycles. The number of aliphatic hydroxyl groups is 2. The van der Waals surface area contributed by atoms with Gasteiger partial charge in [0.2, 0.25) is 0 Å². The van der Waals surface area contributed by atoms with Crippen molar-refractivity contribution in [2.75, 3.05) is 57.6 Å². The lowest BCUT2D eigenvalue weighted by atomic mass is 10.3. The van der Waals surface area contributed by atoms with Crippen LogP contribution < -0.4 is 10.2 Å². The molecule has 1 aromatic rings. The average Bonchev–Trinajstić information content (AvgIpc) is 2.55. The molecule has 0 aromatic heterocycles. The minimum atomic E-state index is -0.244. The Bertz CT molecular complexity index is 402. The van der Waals surface area contributed by atoms with Gasteiger partial charge in [0.05, 0.1) is 46.2 Å². The van der Waals surface area contributed by atoms with Crippen molar-refractivity contribution in [3.8, 4) is 0 Å². The number of aliphatic hydroxyl groups excluding tert-OH is 2. The zero-order valence-corrected chi connectivity index (χ0v) is 12.6. The monoisotopic (exact) mass is 312 g/mol. The van der Waals surface area contributed by atoms with Gasteiger partial charge in [-0.25, -0.2) is 4.79 Å². The number of nitrogens with one attached hydrogen (secondary N) is 1. The van der Waals surface area contributed by atoms with Gasteiger partial charge in [-0.1, -0.05) is 18.2 Å². The van der Waals surface area contributed by atoms with Crippen molar-refractivity contribution in [2.45, 2.75) is 0 Å². The molecular weight excluding hydrogens is 288 g/mol. The van der Waals surface area contributed by atoms with Crippen LogP contribution in [-0.4, -0.2) is 69.0 Å². The maximum absolute atomic E-state index is 12.2. The highest BCUT2D eigenvalue weighted by Gasteiger charge is 2.14. The molecule has 0 radical (unpaired) electrons. The Hall–Kier alpha value is -1.67. The van der Waals surface area contributed by atoms with E-state index in [1.807, 2.05) is 30.3 Å². The van der Waals surface area contributed by atoms with Crippen molar-refractivity contribution >= 4 is 11.7 Å². The van der Waals surface area contributed by atoms with Crippen molar-refractivity contribution in [2.24, 2.45) is 0 Å². The number of benzene rings is 1. The van der Waals surface area contributed by atoms with Crippen LogP contribution in [0.2, 0.25) is 0 Å². The Morgan fingerprint density at radius 3 is 2.27 bits per heavy atom. The van der Waals surface area contributed by atoms with E-state index in [9.17, 15) is 4.79 Å².